The molecule has 88 valence electrons. The Morgan fingerprint density at radius 2 is 2.06 bits per heavy atom. The van der Waals surface area contributed by atoms with Crippen LogP contribution in [0.1, 0.15) is 30.9 Å². The summed E-state index contributed by atoms with van der Waals surface area (Å²) in [5, 5.41) is 3.62. The molecule has 1 aliphatic carbocycles. The van der Waals surface area contributed by atoms with Gasteiger partial charge in [0.25, 0.3) is 0 Å². The van der Waals surface area contributed by atoms with E-state index in [1.807, 2.05) is 0 Å². The van der Waals surface area contributed by atoms with Crippen LogP contribution in [-0.2, 0) is 13.0 Å². The Labute approximate surface area is 98.2 Å². The van der Waals surface area contributed by atoms with Crippen molar-refractivity contribution in [2.24, 2.45) is 11.7 Å². The van der Waals surface area contributed by atoms with Crippen molar-refractivity contribution >= 4 is 0 Å². The van der Waals surface area contributed by atoms with Crippen LogP contribution < -0.4 is 11.1 Å². The molecule has 0 radical (unpaired) electrons. The molecule has 1 fully saturated rings. The Bertz CT molecular complexity index is 335. The average molecular weight is 218 g/mol. The Morgan fingerprint density at radius 1 is 1.31 bits per heavy atom. The van der Waals surface area contributed by atoms with E-state index in [1.165, 1.54) is 24.0 Å². The molecule has 0 spiro atoms. The van der Waals surface area contributed by atoms with Crippen LogP contribution in [0.3, 0.4) is 0 Å². The quantitative estimate of drug-likeness (QED) is 0.767. The number of nitrogens with one attached hydrogen (secondary N) is 1. The number of rotatable bonds is 6. The van der Waals surface area contributed by atoms with E-state index in [2.05, 4.69) is 36.5 Å². The van der Waals surface area contributed by atoms with Crippen molar-refractivity contribution in [1.29, 1.82) is 0 Å². The predicted molar refractivity (Wildman–Crippen MR) is 68.2 cm³/mol. The fourth-order valence-corrected chi connectivity index (χ4v) is 2.34. The third-order valence-electron chi connectivity index (χ3n) is 3.59. The van der Waals surface area contributed by atoms with Gasteiger partial charge in [0.2, 0.25) is 0 Å². The van der Waals surface area contributed by atoms with E-state index in [-0.39, 0.29) is 0 Å². The summed E-state index contributed by atoms with van der Waals surface area (Å²) in [6.45, 7) is 4.01. The van der Waals surface area contributed by atoms with Crippen LogP contribution in [0.2, 0.25) is 0 Å². The van der Waals surface area contributed by atoms with E-state index >= 15 is 0 Å². The van der Waals surface area contributed by atoms with Crippen molar-refractivity contribution in [3.8, 4) is 0 Å². The molecule has 2 rings (SSSR count). The Kier molecular flexibility index (Phi) is 3.97. The van der Waals surface area contributed by atoms with Gasteiger partial charge in [-0.3, -0.25) is 0 Å². The van der Waals surface area contributed by atoms with Crippen molar-refractivity contribution in [1.82, 2.24) is 5.32 Å². The summed E-state index contributed by atoms with van der Waals surface area (Å²) in [7, 11) is 0. The highest BCUT2D eigenvalue weighted by molar-refractivity contribution is 5.27. The summed E-state index contributed by atoms with van der Waals surface area (Å²) in [5.74, 6) is 0.935. The highest BCUT2D eigenvalue weighted by Gasteiger charge is 2.34. The Morgan fingerprint density at radius 3 is 2.69 bits per heavy atom. The molecule has 0 aliphatic heterocycles. The van der Waals surface area contributed by atoms with Crippen LogP contribution >= 0.6 is 0 Å². The molecule has 16 heavy (non-hydrogen) atoms. The molecule has 0 bridgehead atoms. The fourth-order valence-electron chi connectivity index (χ4n) is 2.34. The summed E-state index contributed by atoms with van der Waals surface area (Å²) in [4.78, 5) is 0. The average Bonchev–Trinajstić information content (AvgIpc) is 3.08. The topological polar surface area (TPSA) is 38.0 Å². The van der Waals surface area contributed by atoms with Gasteiger partial charge in [-0.1, -0.05) is 37.6 Å². The number of hydrogen-bond acceptors (Lipinski definition) is 2. The second-order valence-corrected chi connectivity index (χ2v) is 4.69. The molecular weight excluding hydrogens is 196 g/mol. The first kappa shape index (κ1) is 11.6. The second-order valence-electron chi connectivity index (χ2n) is 4.69. The van der Waals surface area contributed by atoms with Gasteiger partial charge in [-0.25, -0.2) is 0 Å². The number of nitrogens with two attached hydrogens (primary N) is 1. The molecule has 0 heterocycles. The minimum atomic E-state index is 0.650. The standard InChI is InChI=1S/C14H22N2/c1-2-11-9-14(11)16-8-7-12-5-3-4-6-13(12)10-15/h3-6,11,14,16H,2,7-10,15H2,1H3. The van der Waals surface area contributed by atoms with Gasteiger partial charge in [0.15, 0.2) is 0 Å². The highest BCUT2D eigenvalue weighted by atomic mass is 15.0. The summed E-state index contributed by atoms with van der Waals surface area (Å²) in [5.41, 5.74) is 8.40. The highest BCUT2D eigenvalue weighted by Crippen LogP contribution is 2.32. The van der Waals surface area contributed by atoms with Gasteiger partial charge in [0.05, 0.1) is 0 Å². The smallest absolute Gasteiger partial charge is 0.0180 e. The molecule has 2 atom stereocenters. The van der Waals surface area contributed by atoms with Crippen LogP contribution in [0.25, 0.3) is 0 Å². The molecule has 2 nitrogen and oxygen atoms in total. The molecule has 0 saturated heterocycles. The Hall–Kier alpha value is -0.860. The molecule has 1 aromatic carbocycles. The zero-order chi connectivity index (χ0) is 11.4. The van der Waals surface area contributed by atoms with Gasteiger partial charge in [-0.15, -0.1) is 0 Å². The monoisotopic (exact) mass is 218 g/mol. The first-order valence-electron chi connectivity index (χ1n) is 6.35. The fraction of sp³-hybridized carbons (Fsp3) is 0.571. The zero-order valence-corrected chi connectivity index (χ0v) is 10.1. The van der Waals surface area contributed by atoms with E-state index in [0.29, 0.717) is 6.54 Å². The lowest BCUT2D eigenvalue weighted by Crippen LogP contribution is -2.21. The van der Waals surface area contributed by atoms with Gasteiger partial charge in [0.1, 0.15) is 0 Å². The third-order valence-corrected chi connectivity index (χ3v) is 3.59. The lowest BCUT2D eigenvalue weighted by molar-refractivity contribution is 0.622. The number of benzene rings is 1. The maximum atomic E-state index is 5.72. The normalized spacial score (nSPS) is 23.4. The molecule has 1 saturated carbocycles. The molecule has 0 amide bonds. The number of hydrogen-bond donors (Lipinski definition) is 2. The summed E-state index contributed by atoms with van der Waals surface area (Å²) >= 11 is 0. The molecule has 3 N–H and O–H groups in total. The van der Waals surface area contributed by atoms with Crippen LogP contribution in [0.15, 0.2) is 24.3 Å². The van der Waals surface area contributed by atoms with Gasteiger partial charge in [-0.05, 0) is 36.4 Å². The largest absolute Gasteiger partial charge is 0.326 e. The lowest BCUT2D eigenvalue weighted by atomic mass is 10.0. The molecular formula is C14H22N2. The molecule has 1 aromatic rings. The summed E-state index contributed by atoms with van der Waals surface area (Å²) in [6.07, 6.45) is 3.78. The van der Waals surface area contributed by atoms with Crippen LogP contribution in [-0.4, -0.2) is 12.6 Å². The predicted octanol–water partition coefficient (Wildman–Crippen LogP) is 2.08. The maximum absolute atomic E-state index is 5.72. The van der Waals surface area contributed by atoms with E-state index in [4.69, 9.17) is 5.73 Å². The van der Waals surface area contributed by atoms with Crippen molar-refractivity contribution in [2.45, 2.75) is 38.8 Å². The van der Waals surface area contributed by atoms with Gasteiger partial charge in [0, 0.05) is 12.6 Å². The summed E-state index contributed by atoms with van der Waals surface area (Å²) < 4.78 is 0. The van der Waals surface area contributed by atoms with E-state index in [1.54, 1.807) is 0 Å². The molecule has 0 aromatic heterocycles. The Balaban J connectivity index is 1.77. The minimum absolute atomic E-state index is 0.650. The first-order valence-corrected chi connectivity index (χ1v) is 6.35. The van der Waals surface area contributed by atoms with Crippen LogP contribution in [0.5, 0.6) is 0 Å². The second kappa shape index (κ2) is 5.46. The van der Waals surface area contributed by atoms with E-state index in [9.17, 15) is 0 Å². The van der Waals surface area contributed by atoms with Crippen molar-refractivity contribution in [2.75, 3.05) is 6.54 Å². The first-order chi connectivity index (χ1) is 7.85. The SMILES string of the molecule is CCC1CC1NCCc1ccccc1CN. The van der Waals surface area contributed by atoms with Crippen LogP contribution in [0.4, 0.5) is 0 Å². The van der Waals surface area contributed by atoms with Crippen LogP contribution in [0, 0.1) is 5.92 Å². The van der Waals surface area contributed by atoms with Gasteiger partial charge < -0.3 is 11.1 Å². The van der Waals surface area contributed by atoms with E-state index in [0.717, 1.165) is 24.9 Å². The van der Waals surface area contributed by atoms with Crippen molar-refractivity contribution in [3.05, 3.63) is 35.4 Å². The summed E-state index contributed by atoms with van der Waals surface area (Å²) in [6, 6.07) is 9.26. The lowest BCUT2D eigenvalue weighted by Gasteiger charge is -2.08. The van der Waals surface area contributed by atoms with Gasteiger partial charge >= 0.3 is 0 Å². The van der Waals surface area contributed by atoms with Crippen molar-refractivity contribution in [3.63, 3.8) is 0 Å². The van der Waals surface area contributed by atoms with Gasteiger partial charge in [-0.2, -0.15) is 0 Å². The molecule has 1 aliphatic rings. The van der Waals surface area contributed by atoms with E-state index < -0.39 is 0 Å². The van der Waals surface area contributed by atoms with Crippen molar-refractivity contribution < 1.29 is 0 Å². The maximum Gasteiger partial charge on any atom is 0.0180 e. The molecule has 2 heteroatoms. The molecule has 2 unspecified atom stereocenters. The minimum Gasteiger partial charge on any atom is -0.326 e. The zero-order valence-electron chi connectivity index (χ0n) is 10.1. The third kappa shape index (κ3) is 2.83.